The van der Waals surface area contributed by atoms with Crippen molar-refractivity contribution in [3.63, 3.8) is 0 Å². The third-order valence-corrected chi connectivity index (χ3v) is 8.04. The molecule has 1 saturated heterocycles. The quantitative estimate of drug-likeness (QED) is 0.287. The molecule has 2 aliphatic rings. The molecule has 1 unspecified atom stereocenters. The minimum atomic E-state index is -3.47. The first kappa shape index (κ1) is 27.7. The Balaban J connectivity index is 1.30. The molecule has 3 aromatic carbocycles. The number of carbonyl (C=O) groups excluding carboxylic acids is 2. The maximum Gasteiger partial charge on any atom is 0.257 e. The first-order chi connectivity index (χ1) is 19.2. The van der Waals surface area contributed by atoms with E-state index in [0.29, 0.717) is 52.0 Å². The number of nitrogens with one attached hydrogen (secondary N) is 4. The van der Waals surface area contributed by atoms with Crippen molar-refractivity contribution in [2.45, 2.75) is 38.6 Å². The summed E-state index contributed by atoms with van der Waals surface area (Å²) < 4.78 is 26.3. The van der Waals surface area contributed by atoms with Crippen LogP contribution in [0.4, 0.5) is 22.7 Å². The van der Waals surface area contributed by atoms with Crippen molar-refractivity contribution in [2.75, 3.05) is 41.2 Å². The minimum absolute atomic E-state index is 0.178. The Labute approximate surface area is 235 Å². The van der Waals surface area contributed by atoms with Crippen LogP contribution in [0.15, 0.2) is 60.7 Å². The molecule has 210 valence electrons. The lowest BCUT2D eigenvalue weighted by atomic mass is 10.0. The maximum atomic E-state index is 13.1. The number of benzene rings is 3. The second-order valence-electron chi connectivity index (χ2n) is 10.5. The molecule has 0 aliphatic carbocycles. The highest BCUT2D eigenvalue weighted by atomic mass is 32.2. The van der Waals surface area contributed by atoms with Gasteiger partial charge in [0.05, 0.1) is 34.6 Å². The first-order valence-corrected chi connectivity index (χ1v) is 15.5. The molecule has 10 heteroatoms. The van der Waals surface area contributed by atoms with Gasteiger partial charge in [-0.1, -0.05) is 30.7 Å². The van der Waals surface area contributed by atoms with E-state index in [9.17, 15) is 18.0 Å². The number of anilines is 4. The monoisotopic (exact) mass is 561 g/mol. The van der Waals surface area contributed by atoms with Gasteiger partial charge >= 0.3 is 0 Å². The summed E-state index contributed by atoms with van der Waals surface area (Å²) in [6, 6.07) is 18.2. The number of para-hydroxylation sites is 1. The zero-order chi connectivity index (χ0) is 28.3. The van der Waals surface area contributed by atoms with E-state index in [1.165, 1.54) is 19.3 Å². The Bertz CT molecular complexity index is 1540. The van der Waals surface area contributed by atoms with E-state index in [4.69, 9.17) is 0 Å². The molecule has 2 amide bonds. The van der Waals surface area contributed by atoms with Crippen LogP contribution in [0.5, 0.6) is 0 Å². The Hall–Kier alpha value is -3.89. The summed E-state index contributed by atoms with van der Waals surface area (Å²) in [5, 5.41) is 9.23. The normalized spacial score (nSPS) is 17.1. The summed E-state index contributed by atoms with van der Waals surface area (Å²) in [5.41, 5.74) is 4.52. The molecule has 0 aromatic heterocycles. The second kappa shape index (κ2) is 11.7. The van der Waals surface area contributed by atoms with Crippen molar-refractivity contribution < 1.29 is 18.0 Å². The molecule has 1 fully saturated rings. The van der Waals surface area contributed by atoms with Crippen molar-refractivity contribution in [2.24, 2.45) is 0 Å². The molecule has 9 nitrogen and oxygen atoms in total. The summed E-state index contributed by atoms with van der Waals surface area (Å²) in [4.78, 5) is 28.4. The van der Waals surface area contributed by atoms with Gasteiger partial charge in [0.2, 0.25) is 10.0 Å². The smallest absolute Gasteiger partial charge is 0.257 e. The van der Waals surface area contributed by atoms with Crippen LogP contribution in [0.3, 0.4) is 0 Å². The number of piperidine rings is 1. The van der Waals surface area contributed by atoms with Crippen LogP contribution in [0.2, 0.25) is 0 Å². The van der Waals surface area contributed by atoms with E-state index < -0.39 is 10.0 Å². The summed E-state index contributed by atoms with van der Waals surface area (Å²) in [7, 11) is -3.47. The molecule has 0 saturated carbocycles. The lowest BCUT2D eigenvalue weighted by Gasteiger charge is -2.33. The highest BCUT2D eigenvalue weighted by Gasteiger charge is 2.22. The molecule has 5 rings (SSSR count). The van der Waals surface area contributed by atoms with Crippen LogP contribution in [0.1, 0.15) is 53.3 Å². The highest BCUT2D eigenvalue weighted by molar-refractivity contribution is 7.92. The van der Waals surface area contributed by atoms with Gasteiger partial charge in [0.25, 0.3) is 11.8 Å². The van der Waals surface area contributed by atoms with Crippen molar-refractivity contribution in [3.05, 3.63) is 71.8 Å². The molecule has 0 radical (unpaired) electrons. The SMILES string of the molecule is CC1CCCCN1CCCNC(=O)c1ccc2c(c1)NC(=O)c1ccc(-c3ccccc3NS(C)(=O)=O)cc1N2. The molecule has 4 N–H and O–H groups in total. The standard InChI is InChI=1S/C30H35N5O4S/c1-20-8-5-6-16-35(20)17-7-15-31-29(36)22-12-14-26-28(19-22)33-30(37)24-13-11-21(18-27(24)32-26)23-9-3-4-10-25(23)34-40(2,38)39/h3-4,9-14,18-20,32,34H,5-8,15-17H2,1-2H3,(H,31,36)(H,33,37). The van der Waals surface area contributed by atoms with Gasteiger partial charge in [0.1, 0.15) is 0 Å². The lowest BCUT2D eigenvalue weighted by Crippen LogP contribution is -2.39. The van der Waals surface area contributed by atoms with E-state index in [1.807, 2.05) is 18.2 Å². The molecule has 2 heterocycles. The molecule has 0 spiro atoms. The number of carbonyl (C=O) groups is 2. The predicted octanol–water partition coefficient (Wildman–Crippen LogP) is 5.03. The average Bonchev–Trinajstić information content (AvgIpc) is 3.06. The van der Waals surface area contributed by atoms with Gasteiger partial charge in [-0.05, 0) is 74.7 Å². The molecule has 2 aliphatic heterocycles. The number of nitrogens with zero attached hydrogens (tertiary/aromatic N) is 1. The Kier molecular flexibility index (Phi) is 8.09. The summed E-state index contributed by atoms with van der Waals surface area (Å²) in [6.07, 6.45) is 5.76. The van der Waals surface area contributed by atoms with E-state index in [2.05, 4.69) is 32.5 Å². The fraction of sp³-hybridized carbons (Fsp3) is 0.333. The van der Waals surface area contributed by atoms with Gasteiger partial charge in [-0.15, -0.1) is 0 Å². The van der Waals surface area contributed by atoms with Crippen LogP contribution in [0.25, 0.3) is 11.1 Å². The summed E-state index contributed by atoms with van der Waals surface area (Å²) >= 11 is 0. The van der Waals surface area contributed by atoms with Gasteiger partial charge in [0.15, 0.2) is 0 Å². The van der Waals surface area contributed by atoms with Crippen LogP contribution < -0.4 is 20.7 Å². The minimum Gasteiger partial charge on any atom is -0.353 e. The Morgan fingerprint density at radius 2 is 1.80 bits per heavy atom. The van der Waals surface area contributed by atoms with E-state index in [0.717, 1.165) is 31.3 Å². The fourth-order valence-electron chi connectivity index (χ4n) is 5.35. The third kappa shape index (κ3) is 6.46. The van der Waals surface area contributed by atoms with Crippen molar-refractivity contribution in [3.8, 4) is 11.1 Å². The largest absolute Gasteiger partial charge is 0.353 e. The molecular weight excluding hydrogens is 526 g/mol. The third-order valence-electron chi connectivity index (χ3n) is 7.45. The van der Waals surface area contributed by atoms with Crippen LogP contribution in [-0.2, 0) is 10.0 Å². The number of hydrogen-bond acceptors (Lipinski definition) is 6. The number of fused-ring (bicyclic) bond motifs is 2. The molecular formula is C30H35N5O4S. The number of rotatable bonds is 8. The molecule has 3 aromatic rings. The zero-order valence-electron chi connectivity index (χ0n) is 22.8. The van der Waals surface area contributed by atoms with Gasteiger partial charge in [0, 0.05) is 30.3 Å². The zero-order valence-corrected chi connectivity index (χ0v) is 23.6. The second-order valence-corrected chi connectivity index (χ2v) is 12.3. The molecule has 40 heavy (non-hydrogen) atoms. The van der Waals surface area contributed by atoms with Crippen molar-refractivity contribution in [1.82, 2.24) is 10.2 Å². The van der Waals surface area contributed by atoms with Crippen LogP contribution in [-0.4, -0.2) is 57.1 Å². The molecule has 0 bridgehead atoms. The van der Waals surface area contributed by atoms with Crippen LogP contribution >= 0.6 is 0 Å². The Morgan fingerprint density at radius 3 is 2.60 bits per heavy atom. The molecule has 1 atom stereocenters. The number of sulfonamides is 1. The van der Waals surface area contributed by atoms with E-state index in [-0.39, 0.29) is 11.8 Å². The van der Waals surface area contributed by atoms with E-state index in [1.54, 1.807) is 42.5 Å². The van der Waals surface area contributed by atoms with Gasteiger partial charge in [-0.3, -0.25) is 14.3 Å². The van der Waals surface area contributed by atoms with Gasteiger partial charge < -0.3 is 20.9 Å². The van der Waals surface area contributed by atoms with Crippen molar-refractivity contribution in [1.29, 1.82) is 0 Å². The number of likely N-dealkylation sites (tertiary alicyclic amines) is 1. The number of amides is 2. The summed E-state index contributed by atoms with van der Waals surface area (Å²) in [5.74, 6) is -0.480. The van der Waals surface area contributed by atoms with Crippen molar-refractivity contribution >= 4 is 44.6 Å². The summed E-state index contributed by atoms with van der Waals surface area (Å²) in [6.45, 7) is 4.96. The number of hydrogen-bond donors (Lipinski definition) is 4. The fourth-order valence-corrected chi connectivity index (χ4v) is 5.92. The predicted molar refractivity (Wildman–Crippen MR) is 160 cm³/mol. The average molecular weight is 562 g/mol. The van der Waals surface area contributed by atoms with Gasteiger partial charge in [-0.2, -0.15) is 0 Å². The Morgan fingerprint density at radius 1 is 0.975 bits per heavy atom. The van der Waals surface area contributed by atoms with Crippen LogP contribution in [0, 0.1) is 0 Å². The highest BCUT2D eigenvalue weighted by Crippen LogP contribution is 2.37. The van der Waals surface area contributed by atoms with Gasteiger partial charge in [-0.25, -0.2) is 8.42 Å². The maximum absolute atomic E-state index is 13.1. The first-order valence-electron chi connectivity index (χ1n) is 13.6. The lowest BCUT2D eigenvalue weighted by molar-refractivity contribution is 0.0947. The topological polar surface area (TPSA) is 120 Å². The van der Waals surface area contributed by atoms with E-state index >= 15 is 0 Å².